The quantitative estimate of drug-likeness (QED) is 0.417. The number of benzene rings is 2. The first-order valence-electron chi connectivity index (χ1n) is 9.82. The Morgan fingerprint density at radius 2 is 2.03 bits per heavy atom. The number of carbonyl (C=O) groups excluding carboxylic acids is 1. The van der Waals surface area contributed by atoms with Crippen LogP contribution in [0.1, 0.15) is 32.9 Å². The zero-order valence-electron chi connectivity index (χ0n) is 17.4. The van der Waals surface area contributed by atoms with E-state index in [1.165, 1.54) is 23.0 Å². The number of nitrogens with zero attached hydrogens (tertiary/aromatic N) is 3. The molecule has 2 heterocycles. The van der Waals surface area contributed by atoms with Crippen LogP contribution in [0.2, 0.25) is 5.02 Å². The van der Waals surface area contributed by atoms with E-state index in [0.29, 0.717) is 33.3 Å². The van der Waals surface area contributed by atoms with Crippen molar-refractivity contribution in [1.29, 1.82) is 0 Å². The van der Waals surface area contributed by atoms with E-state index in [9.17, 15) is 9.18 Å². The summed E-state index contributed by atoms with van der Waals surface area (Å²) in [5, 5.41) is 11.1. The second-order valence-electron chi connectivity index (χ2n) is 7.25. The number of amides is 1. The van der Waals surface area contributed by atoms with Crippen LogP contribution in [0.25, 0.3) is 0 Å². The first-order valence-corrected chi connectivity index (χ1v) is 10.2. The highest BCUT2D eigenvalue weighted by molar-refractivity contribution is 6.31. The fraction of sp³-hybridized carbons (Fsp3) is 0.174. The van der Waals surface area contributed by atoms with Gasteiger partial charge in [0.05, 0.1) is 24.0 Å². The average molecular weight is 455 g/mol. The van der Waals surface area contributed by atoms with Crippen LogP contribution in [-0.2, 0) is 13.2 Å². The van der Waals surface area contributed by atoms with Gasteiger partial charge >= 0.3 is 0 Å². The summed E-state index contributed by atoms with van der Waals surface area (Å²) in [5.74, 6) is 0.292. The Kier molecular flexibility index (Phi) is 6.23. The summed E-state index contributed by atoms with van der Waals surface area (Å²) in [6.07, 6.45) is 3.04. The molecule has 0 bridgehead atoms. The topological polar surface area (TPSA) is 82.2 Å². The molecule has 2 aromatic heterocycles. The summed E-state index contributed by atoms with van der Waals surface area (Å²) in [7, 11) is 0. The van der Waals surface area contributed by atoms with Gasteiger partial charge in [0.15, 0.2) is 5.69 Å². The molecule has 0 radical (unpaired) electrons. The zero-order valence-corrected chi connectivity index (χ0v) is 18.2. The predicted molar refractivity (Wildman–Crippen MR) is 117 cm³/mol. The lowest BCUT2D eigenvalue weighted by molar-refractivity contribution is 0.101. The number of nitrogens with one attached hydrogen (secondary N) is 1. The van der Waals surface area contributed by atoms with Crippen LogP contribution in [0.15, 0.2) is 59.4 Å². The van der Waals surface area contributed by atoms with E-state index in [4.69, 9.17) is 20.9 Å². The minimum absolute atomic E-state index is 0.125. The number of hydrogen-bond donors (Lipinski definition) is 1. The van der Waals surface area contributed by atoms with Crippen LogP contribution in [0.4, 0.5) is 10.1 Å². The Labute approximate surface area is 188 Å². The van der Waals surface area contributed by atoms with Gasteiger partial charge in [0.25, 0.3) is 5.91 Å². The summed E-state index contributed by atoms with van der Waals surface area (Å²) >= 11 is 6.07. The lowest BCUT2D eigenvalue weighted by Crippen LogP contribution is -2.15. The van der Waals surface area contributed by atoms with E-state index >= 15 is 0 Å². The molecule has 9 heteroatoms. The fourth-order valence-electron chi connectivity index (χ4n) is 3.15. The fourth-order valence-corrected chi connectivity index (χ4v) is 3.37. The molecule has 0 fully saturated rings. The lowest BCUT2D eigenvalue weighted by atomic mass is 10.2. The van der Waals surface area contributed by atoms with E-state index in [1.807, 2.05) is 31.2 Å². The highest BCUT2D eigenvalue weighted by Gasteiger charge is 2.21. The SMILES string of the molecule is Cc1cccc(OCc2c(C(=O)Nc3cnn(Cc4c(F)cccc4Cl)c3)noc2C)c1. The molecule has 1 N–H and O–H groups in total. The first-order chi connectivity index (χ1) is 15.4. The van der Waals surface area contributed by atoms with Crippen LogP contribution in [0, 0.1) is 19.7 Å². The van der Waals surface area contributed by atoms with E-state index < -0.39 is 11.7 Å². The number of ether oxygens (including phenoxy) is 1. The van der Waals surface area contributed by atoms with Crippen molar-refractivity contribution >= 4 is 23.2 Å². The van der Waals surface area contributed by atoms with Crippen LogP contribution >= 0.6 is 11.6 Å². The maximum absolute atomic E-state index is 14.0. The molecule has 2 aromatic carbocycles. The molecule has 0 aliphatic rings. The van der Waals surface area contributed by atoms with E-state index in [1.54, 1.807) is 19.2 Å². The van der Waals surface area contributed by atoms with Crippen LogP contribution in [0.5, 0.6) is 5.75 Å². The van der Waals surface area contributed by atoms with Crippen molar-refractivity contribution in [1.82, 2.24) is 14.9 Å². The molecule has 4 rings (SSSR count). The minimum atomic E-state index is -0.465. The van der Waals surface area contributed by atoms with Crippen molar-refractivity contribution in [3.8, 4) is 5.75 Å². The van der Waals surface area contributed by atoms with Gasteiger partial charge in [-0.25, -0.2) is 4.39 Å². The van der Waals surface area contributed by atoms with Crippen LogP contribution < -0.4 is 10.1 Å². The second-order valence-corrected chi connectivity index (χ2v) is 7.66. The molecule has 0 unspecified atom stereocenters. The largest absolute Gasteiger partial charge is 0.489 e. The summed E-state index contributed by atoms with van der Waals surface area (Å²) in [6.45, 7) is 3.94. The highest BCUT2D eigenvalue weighted by atomic mass is 35.5. The zero-order chi connectivity index (χ0) is 22.7. The number of halogens is 2. The summed E-state index contributed by atoms with van der Waals surface area (Å²) in [6, 6.07) is 12.1. The summed E-state index contributed by atoms with van der Waals surface area (Å²) in [5.41, 5.74) is 2.48. The molecule has 32 heavy (non-hydrogen) atoms. The van der Waals surface area contributed by atoms with Crippen LogP contribution in [-0.4, -0.2) is 20.8 Å². The lowest BCUT2D eigenvalue weighted by Gasteiger charge is -2.07. The number of hydrogen-bond acceptors (Lipinski definition) is 5. The molecule has 0 spiro atoms. The average Bonchev–Trinajstić information content (AvgIpc) is 3.35. The van der Waals surface area contributed by atoms with Gasteiger partial charge < -0.3 is 14.6 Å². The maximum Gasteiger partial charge on any atom is 0.278 e. The van der Waals surface area contributed by atoms with Crippen LogP contribution in [0.3, 0.4) is 0 Å². The maximum atomic E-state index is 14.0. The van der Waals surface area contributed by atoms with Crippen molar-refractivity contribution in [2.24, 2.45) is 0 Å². The molecule has 1 amide bonds. The highest BCUT2D eigenvalue weighted by Crippen LogP contribution is 2.22. The Morgan fingerprint density at radius 3 is 2.81 bits per heavy atom. The van der Waals surface area contributed by atoms with Crippen molar-refractivity contribution in [2.75, 3.05) is 5.32 Å². The van der Waals surface area contributed by atoms with Crippen molar-refractivity contribution < 1.29 is 18.4 Å². The molecular formula is C23H20ClFN4O3. The second kappa shape index (κ2) is 9.23. The molecule has 0 aliphatic heterocycles. The normalized spacial score (nSPS) is 10.9. The molecule has 0 aliphatic carbocycles. The third-order valence-corrected chi connectivity index (χ3v) is 5.20. The third-order valence-electron chi connectivity index (χ3n) is 4.85. The Balaban J connectivity index is 1.45. The van der Waals surface area contributed by atoms with Crippen molar-refractivity contribution in [3.63, 3.8) is 0 Å². The van der Waals surface area contributed by atoms with Gasteiger partial charge in [0.1, 0.15) is 23.9 Å². The Hall–Kier alpha value is -3.65. The third kappa shape index (κ3) is 4.81. The summed E-state index contributed by atoms with van der Waals surface area (Å²) in [4.78, 5) is 12.8. The standard InChI is InChI=1S/C23H20ClFN4O3/c1-14-5-3-6-17(9-14)31-13-19-15(2)32-28-22(19)23(30)27-16-10-26-29(11-16)12-18-20(24)7-4-8-21(18)25/h3-11H,12-13H2,1-2H3,(H,27,30). The van der Waals surface area contributed by atoms with Gasteiger partial charge in [0.2, 0.25) is 0 Å². The number of carbonyl (C=O) groups is 1. The molecule has 0 atom stereocenters. The molecule has 164 valence electrons. The summed E-state index contributed by atoms with van der Waals surface area (Å²) < 4.78 is 26.5. The number of aryl methyl sites for hydroxylation is 2. The van der Waals surface area contributed by atoms with Gasteiger partial charge in [-0.3, -0.25) is 9.48 Å². The minimum Gasteiger partial charge on any atom is -0.489 e. The van der Waals surface area contributed by atoms with Gasteiger partial charge in [-0.15, -0.1) is 0 Å². The van der Waals surface area contributed by atoms with Gasteiger partial charge in [-0.2, -0.15) is 5.10 Å². The van der Waals surface area contributed by atoms with Crippen molar-refractivity contribution in [2.45, 2.75) is 27.0 Å². The number of aromatic nitrogens is 3. The van der Waals surface area contributed by atoms with E-state index in [-0.39, 0.29) is 18.8 Å². The van der Waals surface area contributed by atoms with Gasteiger partial charge in [0, 0.05) is 16.8 Å². The number of rotatable bonds is 7. The Morgan fingerprint density at radius 1 is 1.22 bits per heavy atom. The smallest absolute Gasteiger partial charge is 0.278 e. The number of anilines is 1. The first kappa shape index (κ1) is 21.6. The Bertz CT molecular complexity index is 1250. The van der Waals surface area contributed by atoms with Gasteiger partial charge in [-0.05, 0) is 43.7 Å². The monoisotopic (exact) mass is 454 g/mol. The molecule has 4 aromatic rings. The molecule has 0 saturated carbocycles. The molecule has 0 saturated heterocycles. The van der Waals surface area contributed by atoms with E-state index in [2.05, 4.69) is 15.6 Å². The predicted octanol–water partition coefficient (Wildman–Crippen LogP) is 5.16. The molecule has 7 nitrogen and oxygen atoms in total. The van der Waals surface area contributed by atoms with Gasteiger partial charge in [-0.1, -0.05) is 35.0 Å². The molecular weight excluding hydrogens is 435 g/mol. The van der Waals surface area contributed by atoms with Crippen molar-refractivity contribution in [3.05, 3.63) is 93.8 Å². The van der Waals surface area contributed by atoms with E-state index in [0.717, 1.165) is 5.56 Å².